The molecule has 0 aliphatic carbocycles. The average Bonchev–Trinajstić information content (AvgIpc) is 4.20. The molecule has 5 aromatic rings. The summed E-state index contributed by atoms with van der Waals surface area (Å²) in [6, 6.07) is 23.4. The third-order valence-corrected chi connectivity index (χ3v) is 13.1. The molecule has 2 aliphatic heterocycles. The Balaban J connectivity index is 0.00000741. The van der Waals surface area contributed by atoms with Gasteiger partial charge >= 0.3 is 31.4 Å². The maximum absolute atomic E-state index is 12.5. The van der Waals surface area contributed by atoms with Crippen molar-refractivity contribution in [2.24, 2.45) is 0 Å². The molecule has 0 saturated carbocycles. The molecular formula is C58H68N4O4Zn. The Kier molecular flexibility index (Phi) is 20.0. The Morgan fingerprint density at radius 3 is 1.09 bits per heavy atom. The first-order chi connectivity index (χ1) is 32.4. The summed E-state index contributed by atoms with van der Waals surface area (Å²) >= 11 is 0. The number of hydrogen-bond acceptors (Lipinski definition) is 6. The zero-order valence-corrected chi connectivity index (χ0v) is 43.5. The Hall–Kier alpha value is -5.40. The van der Waals surface area contributed by atoms with Gasteiger partial charge in [0, 0.05) is 0 Å². The number of ether oxygens (including phenoxy) is 2. The molecule has 0 spiro atoms. The van der Waals surface area contributed by atoms with Gasteiger partial charge in [0.05, 0.1) is 48.1 Å². The first-order valence-corrected chi connectivity index (χ1v) is 24.8. The van der Waals surface area contributed by atoms with Gasteiger partial charge in [0.25, 0.3) is 0 Å². The molecule has 0 unspecified atom stereocenters. The Morgan fingerprint density at radius 2 is 0.731 bits per heavy atom. The van der Waals surface area contributed by atoms with Crippen LogP contribution in [0.1, 0.15) is 184 Å². The van der Waals surface area contributed by atoms with Crippen LogP contribution in [0.3, 0.4) is 0 Å². The Labute approximate surface area is 411 Å². The molecule has 0 fully saturated rings. The summed E-state index contributed by atoms with van der Waals surface area (Å²) in [4.78, 5) is 46.6. The van der Waals surface area contributed by atoms with E-state index in [0.29, 0.717) is 11.1 Å². The molecule has 0 radical (unpaired) electrons. The number of hydrogen-bond donors (Lipinski definition) is 0. The largest absolute Gasteiger partial charge is 2.00 e. The predicted octanol–water partition coefficient (Wildman–Crippen LogP) is 15.0. The second kappa shape index (κ2) is 26.2. The van der Waals surface area contributed by atoms with E-state index in [1.165, 1.54) is 117 Å². The van der Waals surface area contributed by atoms with Crippen molar-refractivity contribution in [1.29, 1.82) is 0 Å². The number of methoxy groups -OCH3 is 2. The monoisotopic (exact) mass is 948 g/mol. The molecule has 67 heavy (non-hydrogen) atoms. The van der Waals surface area contributed by atoms with Crippen LogP contribution in [0.25, 0.3) is 68.6 Å². The van der Waals surface area contributed by atoms with E-state index in [2.05, 4.69) is 50.3 Å². The van der Waals surface area contributed by atoms with Gasteiger partial charge in [0.1, 0.15) is 0 Å². The number of rotatable bonds is 24. The van der Waals surface area contributed by atoms with Gasteiger partial charge in [0.15, 0.2) is 0 Å². The van der Waals surface area contributed by atoms with E-state index >= 15 is 0 Å². The summed E-state index contributed by atoms with van der Waals surface area (Å²) in [5.74, 6) is -0.784. The SMILES string of the molecule is CCCCCCCCCCCc1c2nc(c(-c3ccc(C(=O)OC)cc3)c3ccc([n-]3)c(-c3ccc(C(=O)OC)cc3)c3nc(c(CCCCCCCCCCC)c4ccc1[n-]4)C=C3)C=C2.[Zn+2]. The molecule has 346 valence electrons. The van der Waals surface area contributed by atoms with Gasteiger partial charge < -0.3 is 19.4 Å². The van der Waals surface area contributed by atoms with E-state index < -0.39 is 11.9 Å². The van der Waals surface area contributed by atoms with Crippen molar-refractivity contribution in [3.05, 3.63) is 118 Å². The van der Waals surface area contributed by atoms with Crippen molar-refractivity contribution in [2.75, 3.05) is 14.2 Å². The smallest absolute Gasteiger partial charge is 0.657 e. The standard InChI is InChI=1S/C58H69N4O4.Zn/c1-5-7-9-11-13-15-17-19-21-23-45-47-33-34-48(59-47)46(24-22-20-18-16-14-12-10-8-6-2)50-36-38-52(61-50)56(42-27-31-44(32-28-42)58(64)66-4)54-40-39-53(62-54)55(51-37-35-49(45)60-51)41-25-29-43(30-26-41)57(63)65-3;/h25-40H,5-24H2,1-4H3,(H-,59,60,61,62,63,64);/q-1;+2/p-1. The van der Waals surface area contributed by atoms with Crippen LogP contribution in [0.2, 0.25) is 0 Å². The minimum absolute atomic E-state index is 0. The molecule has 0 amide bonds. The maximum atomic E-state index is 12.5. The summed E-state index contributed by atoms with van der Waals surface area (Å²) in [6.07, 6.45) is 32.9. The molecule has 2 aliphatic rings. The summed E-state index contributed by atoms with van der Waals surface area (Å²) in [6.45, 7) is 4.54. The first-order valence-electron chi connectivity index (χ1n) is 24.8. The molecule has 0 atom stereocenters. The van der Waals surface area contributed by atoms with Crippen LogP contribution in [-0.2, 0) is 41.8 Å². The first kappa shape index (κ1) is 51.0. The molecule has 0 saturated heterocycles. The van der Waals surface area contributed by atoms with E-state index in [4.69, 9.17) is 29.4 Å². The Morgan fingerprint density at radius 1 is 0.418 bits per heavy atom. The maximum Gasteiger partial charge on any atom is 2.00 e. The summed E-state index contributed by atoms with van der Waals surface area (Å²) < 4.78 is 10.1. The molecule has 9 heteroatoms. The van der Waals surface area contributed by atoms with Gasteiger partial charge in [-0.15, -0.1) is 22.1 Å². The summed E-state index contributed by atoms with van der Waals surface area (Å²) in [5.41, 5.74) is 13.5. The molecule has 3 aromatic heterocycles. The fraction of sp³-hybridized carbons (Fsp3) is 0.414. The van der Waals surface area contributed by atoms with E-state index in [1.54, 1.807) is 24.3 Å². The van der Waals surface area contributed by atoms with Crippen molar-refractivity contribution in [3.63, 3.8) is 0 Å². The van der Waals surface area contributed by atoms with Crippen molar-refractivity contribution in [1.82, 2.24) is 19.9 Å². The normalized spacial score (nSPS) is 11.8. The minimum Gasteiger partial charge on any atom is -0.657 e. The second-order valence-corrected chi connectivity index (χ2v) is 17.9. The number of esters is 2. The van der Waals surface area contributed by atoms with Crippen LogP contribution in [0, 0.1) is 0 Å². The van der Waals surface area contributed by atoms with E-state index in [-0.39, 0.29) is 19.5 Å². The van der Waals surface area contributed by atoms with Crippen molar-refractivity contribution in [3.8, 4) is 22.3 Å². The van der Waals surface area contributed by atoms with Crippen LogP contribution in [-0.4, -0.2) is 36.1 Å². The van der Waals surface area contributed by atoms with Crippen molar-refractivity contribution < 1.29 is 38.5 Å². The van der Waals surface area contributed by atoms with Crippen LogP contribution in [0.5, 0.6) is 0 Å². The number of carbonyl (C=O) groups is 2. The number of fused-ring (bicyclic) bond motifs is 8. The fourth-order valence-corrected chi connectivity index (χ4v) is 9.31. The third-order valence-electron chi connectivity index (χ3n) is 13.1. The molecule has 5 heterocycles. The van der Waals surface area contributed by atoms with E-state index in [1.807, 2.05) is 36.4 Å². The minimum atomic E-state index is -0.392. The van der Waals surface area contributed by atoms with E-state index in [9.17, 15) is 9.59 Å². The number of unbranched alkanes of at least 4 members (excludes halogenated alkanes) is 16. The molecule has 8 bridgehead atoms. The average molecular weight is 951 g/mol. The number of benzene rings is 2. The molecular weight excluding hydrogens is 882 g/mol. The van der Waals surface area contributed by atoms with Gasteiger partial charge in [0.2, 0.25) is 0 Å². The third kappa shape index (κ3) is 13.4. The van der Waals surface area contributed by atoms with Crippen molar-refractivity contribution in [2.45, 2.75) is 142 Å². The summed E-state index contributed by atoms with van der Waals surface area (Å²) in [5, 5.41) is 0. The molecule has 8 nitrogen and oxygen atoms in total. The topological polar surface area (TPSA) is 107 Å². The van der Waals surface area contributed by atoms with Gasteiger partial charge in [-0.2, -0.15) is 0 Å². The number of nitrogens with zero attached hydrogens (tertiary/aromatic N) is 4. The van der Waals surface area contributed by atoms with Gasteiger partial charge in [-0.05, 0) is 108 Å². The molecule has 7 rings (SSSR count). The van der Waals surface area contributed by atoms with Gasteiger partial charge in [-0.1, -0.05) is 165 Å². The zero-order valence-electron chi connectivity index (χ0n) is 40.5. The fourth-order valence-electron chi connectivity index (χ4n) is 9.31. The summed E-state index contributed by atoms with van der Waals surface area (Å²) in [7, 11) is 2.78. The van der Waals surface area contributed by atoms with Crippen LogP contribution in [0.4, 0.5) is 0 Å². The number of carbonyl (C=O) groups excluding carboxylic acids is 2. The van der Waals surface area contributed by atoms with Gasteiger partial charge in [-0.3, -0.25) is 0 Å². The molecule has 0 N–H and O–H groups in total. The number of aryl methyl sites for hydroxylation is 2. The number of aromatic nitrogens is 4. The van der Waals surface area contributed by atoms with Crippen molar-refractivity contribution >= 4 is 58.3 Å². The second-order valence-electron chi connectivity index (χ2n) is 17.9. The predicted molar refractivity (Wildman–Crippen MR) is 272 cm³/mol. The Bertz CT molecular complexity index is 2460. The quantitative estimate of drug-likeness (QED) is 0.0335. The van der Waals surface area contributed by atoms with E-state index in [0.717, 1.165) is 104 Å². The molecule has 2 aromatic carbocycles. The van der Waals surface area contributed by atoms with Crippen LogP contribution in [0.15, 0.2) is 72.8 Å². The van der Waals surface area contributed by atoms with Crippen LogP contribution < -0.4 is 9.97 Å². The van der Waals surface area contributed by atoms with Gasteiger partial charge in [-0.25, -0.2) is 19.6 Å². The van der Waals surface area contributed by atoms with Crippen LogP contribution >= 0.6 is 0 Å². The zero-order chi connectivity index (χ0) is 46.1.